The summed E-state index contributed by atoms with van der Waals surface area (Å²) in [5, 5.41) is 5.05. The zero-order valence-corrected chi connectivity index (χ0v) is 16.5. The number of esters is 1. The maximum absolute atomic E-state index is 12.4. The molecule has 9 heteroatoms. The van der Waals surface area contributed by atoms with Crippen molar-refractivity contribution in [3.8, 4) is 5.75 Å². The van der Waals surface area contributed by atoms with Crippen LogP contribution in [-0.2, 0) is 19.1 Å². The van der Waals surface area contributed by atoms with Crippen molar-refractivity contribution in [1.82, 2.24) is 5.32 Å². The van der Waals surface area contributed by atoms with E-state index in [0.717, 1.165) is 0 Å². The summed E-state index contributed by atoms with van der Waals surface area (Å²) in [4.78, 5) is 49.5. The maximum Gasteiger partial charge on any atom is 0.349 e. The summed E-state index contributed by atoms with van der Waals surface area (Å²) in [6.45, 7) is 0.844. The van der Waals surface area contributed by atoms with Gasteiger partial charge in [-0.3, -0.25) is 14.4 Å². The Kier molecular flexibility index (Phi) is 6.31. The Bertz CT molecular complexity index is 990. The molecule has 0 radical (unpaired) electrons. The highest BCUT2D eigenvalue weighted by Gasteiger charge is 2.33. The van der Waals surface area contributed by atoms with E-state index in [1.165, 1.54) is 24.9 Å². The first-order valence-electron chi connectivity index (χ1n) is 9.21. The van der Waals surface area contributed by atoms with Crippen molar-refractivity contribution in [2.24, 2.45) is 0 Å². The molecule has 0 spiro atoms. The van der Waals surface area contributed by atoms with Crippen molar-refractivity contribution in [3.63, 3.8) is 0 Å². The van der Waals surface area contributed by atoms with Crippen LogP contribution in [0.3, 0.4) is 0 Å². The first-order chi connectivity index (χ1) is 14.4. The highest BCUT2D eigenvalue weighted by Crippen LogP contribution is 2.33. The molecule has 0 saturated carbocycles. The fourth-order valence-corrected chi connectivity index (χ4v) is 2.96. The second-order valence-electron chi connectivity index (χ2n) is 6.52. The van der Waals surface area contributed by atoms with E-state index < -0.39 is 24.6 Å². The molecule has 1 aliphatic heterocycles. The van der Waals surface area contributed by atoms with Gasteiger partial charge in [0.2, 0.25) is 12.0 Å². The molecule has 2 N–H and O–H groups in total. The van der Waals surface area contributed by atoms with E-state index in [1.807, 2.05) is 0 Å². The number of nitrogens with one attached hydrogen (secondary N) is 2. The van der Waals surface area contributed by atoms with E-state index >= 15 is 0 Å². The molecular weight excluding hydrogens is 390 g/mol. The minimum absolute atomic E-state index is 0.0129. The van der Waals surface area contributed by atoms with E-state index in [2.05, 4.69) is 10.6 Å². The first kappa shape index (κ1) is 20.8. The number of carbonyl (C=O) groups excluding carboxylic acids is 4. The van der Waals surface area contributed by atoms with Crippen LogP contribution in [0.1, 0.15) is 17.3 Å². The lowest BCUT2D eigenvalue weighted by atomic mass is 10.2. The van der Waals surface area contributed by atoms with E-state index in [1.54, 1.807) is 42.5 Å². The van der Waals surface area contributed by atoms with Gasteiger partial charge in [0.25, 0.3) is 11.8 Å². The van der Waals surface area contributed by atoms with Crippen molar-refractivity contribution in [2.45, 2.75) is 13.0 Å². The summed E-state index contributed by atoms with van der Waals surface area (Å²) in [5.74, 6) is -1.47. The van der Waals surface area contributed by atoms with Crippen LogP contribution in [0.15, 0.2) is 48.5 Å². The lowest BCUT2D eigenvalue weighted by Crippen LogP contribution is -2.47. The largest absolute Gasteiger partial charge is 0.475 e. The molecule has 3 rings (SSSR count). The normalized spacial score (nSPS) is 14.7. The van der Waals surface area contributed by atoms with Gasteiger partial charge in [-0.25, -0.2) is 4.79 Å². The average molecular weight is 411 g/mol. The van der Waals surface area contributed by atoms with Gasteiger partial charge in [0, 0.05) is 25.2 Å². The highest BCUT2D eigenvalue weighted by atomic mass is 16.6. The van der Waals surface area contributed by atoms with Gasteiger partial charge >= 0.3 is 5.97 Å². The number of anilines is 2. The van der Waals surface area contributed by atoms with Gasteiger partial charge in [0.1, 0.15) is 5.75 Å². The number of carbonyl (C=O) groups is 4. The maximum atomic E-state index is 12.4. The number of para-hydroxylation sites is 2. The lowest BCUT2D eigenvalue weighted by molar-refractivity contribution is -0.154. The number of amides is 3. The molecule has 1 aliphatic rings. The summed E-state index contributed by atoms with van der Waals surface area (Å²) in [6.07, 6.45) is -1.05. The number of hydrogen-bond acceptors (Lipinski definition) is 6. The van der Waals surface area contributed by atoms with Crippen LogP contribution in [0, 0.1) is 0 Å². The zero-order chi connectivity index (χ0) is 21.7. The molecule has 0 bridgehead atoms. The highest BCUT2D eigenvalue weighted by molar-refractivity contribution is 5.98. The SMILES string of the molecule is CNC(=O)c1cccc(NC(=O)COC(=O)[C@@H]2CN(C(C)=O)c3ccccc3O2)c1. The summed E-state index contributed by atoms with van der Waals surface area (Å²) in [7, 11) is 1.51. The van der Waals surface area contributed by atoms with Crippen molar-refractivity contribution in [1.29, 1.82) is 0 Å². The lowest BCUT2D eigenvalue weighted by Gasteiger charge is -2.33. The average Bonchev–Trinajstić information content (AvgIpc) is 2.76. The molecule has 0 aromatic heterocycles. The van der Waals surface area contributed by atoms with Crippen molar-refractivity contribution in [3.05, 3.63) is 54.1 Å². The molecule has 9 nitrogen and oxygen atoms in total. The second kappa shape index (κ2) is 9.08. The van der Waals surface area contributed by atoms with Crippen LogP contribution in [0.25, 0.3) is 0 Å². The Hall–Kier alpha value is -3.88. The van der Waals surface area contributed by atoms with Gasteiger partial charge in [-0.05, 0) is 30.3 Å². The quantitative estimate of drug-likeness (QED) is 0.718. The molecule has 0 fully saturated rings. The molecule has 156 valence electrons. The first-order valence-corrected chi connectivity index (χ1v) is 9.21. The van der Waals surface area contributed by atoms with E-state index in [4.69, 9.17) is 9.47 Å². The molecule has 0 unspecified atom stereocenters. The predicted molar refractivity (Wildman–Crippen MR) is 108 cm³/mol. The van der Waals surface area contributed by atoms with Crippen molar-refractivity contribution in [2.75, 3.05) is 30.4 Å². The monoisotopic (exact) mass is 411 g/mol. The van der Waals surface area contributed by atoms with Crippen LogP contribution in [-0.4, -0.2) is 50.0 Å². The second-order valence-corrected chi connectivity index (χ2v) is 6.52. The molecule has 2 aromatic carbocycles. The van der Waals surface area contributed by atoms with Crippen LogP contribution in [0.2, 0.25) is 0 Å². The van der Waals surface area contributed by atoms with Crippen LogP contribution in [0.5, 0.6) is 5.75 Å². The Balaban J connectivity index is 1.59. The van der Waals surface area contributed by atoms with E-state index in [-0.39, 0.29) is 18.4 Å². The summed E-state index contributed by atoms with van der Waals surface area (Å²) in [6, 6.07) is 13.2. The number of rotatable bonds is 5. The topological polar surface area (TPSA) is 114 Å². The number of hydrogen-bond donors (Lipinski definition) is 2. The van der Waals surface area contributed by atoms with Crippen molar-refractivity contribution >= 4 is 35.1 Å². The van der Waals surface area contributed by atoms with Crippen LogP contribution < -0.4 is 20.3 Å². The Morgan fingerprint density at radius 2 is 1.90 bits per heavy atom. The smallest absolute Gasteiger partial charge is 0.349 e. The third kappa shape index (κ3) is 4.75. The standard InChI is InChI=1S/C21H21N3O6/c1-13(25)24-11-18(30-17-9-4-3-8-16(17)24)21(28)29-12-19(26)23-15-7-5-6-14(10-15)20(27)22-2/h3-10,18H,11-12H2,1-2H3,(H,22,27)(H,23,26)/t18-/m0/s1. The molecule has 0 saturated heterocycles. The van der Waals surface area contributed by atoms with E-state index in [0.29, 0.717) is 22.7 Å². The molecule has 1 atom stereocenters. The van der Waals surface area contributed by atoms with Crippen molar-refractivity contribution < 1.29 is 28.7 Å². The van der Waals surface area contributed by atoms with Crippen LogP contribution >= 0.6 is 0 Å². The number of benzene rings is 2. The predicted octanol–water partition coefficient (Wildman–Crippen LogP) is 1.34. The van der Waals surface area contributed by atoms with E-state index in [9.17, 15) is 19.2 Å². The Morgan fingerprint density at radius 3 is 2.63 bits per heavy atom. The summed E-state index contributed by atoms with van der Waals surface area (Å²) < 4.78 is 10.7. The molecule has 30 heavy (non-hydrogen) atoms. The Labute approximate surface area is 172 Å². The fraction of sp³-hybridized carbons (Fsp3) is 0.238. The van der Waals surface area contributed by atoms with Gasteiger partial charge in [-0.15, -0.1) is 0 Å². The molecule has 2 aromatic rings. The van der Waals surface area contributed by atoms with Gasteiger partial charge in [0.05, 0.1) is 12.2 Å². The fourth-order valence-electron chi connectivity index (χ4n) is 2.96. The zero-order valence-electron chi connectivity index (χ0n) is 16.5. The summed E-state index contributed by atoms with van der Waals surface area (Å²) in [5.41, 5.74) is 1.34. The summed E-state index contributed by atoms with van der Waals surface area (Å²) >= 11 is 0. The van der Waals surface area contributed by atoms with Crippen LogP contribution in [0.4, 0.5) is 11.4 Å². The molecule has 3 amide bonds. The number of ether oxygens (including phenoxy) is 2. The third-order valence-corrected chi connectivity index (χ3v) is 4.40. The number of fused-ring (bicyclic) bond motifs is 1. The molecular formula is C21H21N3O6. The number of nitrogens with zero attached hydrogens (tertiary/aromatic N) is 1. The van der Waals surface area contributed by atoms with Gasteiger partial charge < -0.3 is 25.0 Å². The Morgan fingerprint density at radius 1 is 1.13 bits per heavy atom. The molecule has 1 heterocycles. The minimum Gasteiger partial charge on any atom is -0.475 e. The third-order valence-electron chi connectivity index (χ3n) is 4.40. The molecule has 0 aliphatic carbocycles. The van der Waals surface area contributed by atoms with Gasteiger partial charge in [-0.1, -0.05) is 18.2 Å². The van der Waals surface area contributed by atoms with Gasteiger partial charge in [-0.2, -0.15) is 0 Å². The minimum atomic E-state index is -1.05. The van der Waals surface area contributed by atoms with Gasteiger partial charge in [0.15, 0.2) is 6.61 Å².